The molecule has 108 valence electrons. The number of hydrogen-bond acceptors (Lipinski definition) is 2. The van der Waals surface area contributed by atoms with Crippen molar-refractivity contribution in [2.75, 3.05) is 0 Å². The fourth-order valence-electron chi connectivity index (χ4n) is 1.95. The minimum absolute atomic E-state index is 0.232. The molecule has 1 aromatic carbocycles. The summed E-state index contributed by atoms with van der Waals surface area (Å²) < 4.78 is 0. The highest BCUT2D eigenvalue weighted by atomic mass is 16.4. The van der Waals surface area contributed by atoms with Crippen LogP contribution in [0.3, 0.4) is 0 Å². The Balaban J connectivity index is 2.48. The second kappa shape index (κ2) is 8.15. The molecule has 0 heterocycles. The zero-order chi connectivity index (χ0) is 15.0. The molecule has 4 nitrogen and oxygen atoms in total. The van der Waals surface area contributed by atoms with Crippen molar-refractivity contribution in [3.05, 3.63) is 48.0 Å². The van der Waals surface area contributed by atoms with Gasteiger partial charge in [0, 0.05) is 6.42 Å². The van der Waals surface area contributed by atoms with E-state index in [1.54, 1.807) is 6.08 Å². The summed E-state index contributed by atoms with van der Waals surface area (Å²) in [6, 6.07) is 7.03. The highest BCUT2D eigenvalue weighted by molar-refractivity contribution is 5.83. The van der Waals surface area contributed by atoms with Crippen LogP contribution >= 0.6 is 0 Å². The van der Waals surface area contributed by atoms with E-state index in [0.717, 1.165) is 11.1 Å². The first-order valence-corrected chi connectivity index (χ1v) is 6.72. The number of hydrogen-bond donors (Lipinski definition) is 2. The van der Waals surface area contributed by atoms with Crippen molar-refractivity contribution in [3.63, 3.8) is 0 Å². The second-order valence-corrected chi connectivity index (χ2v) is 4.75. The molecule has 20 heavy (non-hydrogen) atoms. The van der Waals surface area contributed by atoms with E-state index in [-0.39, 0.29) is 5.91 Å². The van der Waals surface area contributed by atoms with Crippen LogP contribution in [0.4, 0.5) is 0 Å². The number of allylic oxidation sites excluding steroid dienone is 1. The Morgan fingerprint density at radius 2 is 2.10 bits per heavy atom. The Kier molecular flexibility index (Phi) is 6.50. The third-order valence-corrected chi connectivity index (χ3v) is 3.18. The van der Waals surface area contributed by atoms with Crippen molar-refractivity contribution in [3.8, 4) is 0 Å². The molecule has 0 saturated carbocycles. The Hall–Kier alpha value is -2.10. The van der Waals surface area contributed by atoms with Crippen LogP contribution in [0.25, 0.3) is 0 Å². The van der Waals surface area contributed by atoms with Gasteiger partial charge in [-0.1, -0.05) is 30.3 Å². The molecule has 0 aromatic heterocycles. The van der Waals surface area contributed by atoms with Crippen molar-refractivity contribution < 1.29 is 14.7 Å². The van der Waals surface area contributed by atoms with Gasteiger partial charge < -0.3 is 10.4 Å². The van der Waals surface area contributed by atoms with Crippen molar-refractivity contribution in [2.24, 2.45) is 0 Å². The minimum atomic E-state index is -1.00. The molecule has 0 bridgehead atoms. The summed E-state index contributed by atoms with van der Waals surface area (Å²) in [6.45, 7) is 5.55. The van der Waals surface area contributed by atoms with Crippen LogP contribution < -0.4 is 5.32 Å². The number of carbonyl (C=O) groups excluding carboxylic acids is 1. The second-order valence-electron chi connectivity index (χ2n) is 4.75. The zero-order valence-electron chi connectivity index (χ0n) is 11.8. The maximum absolute atomic E-state index is 11.8. The molecule has 0 radical (unpaired) electrons. The number of carboxylic acid groups (broad SMARTS) is 1. The number of nitrogens with one attached hydrogen (secondary N) is 1. The highest BCUT2D eigenvalue weighted by Crippen LogP contribution is 2.09. The van der Waals surface area contributed by atoms with Crippen LogP contribution in [-0.2, 0) is 16.0 Å². The quantitative estimate of drug-likeness (QED) is 0.716. The van der Waals surface area contributed by atoms with Gasteiger partial charge in [0.1, 0.15) is 6.04 Å². The normalized spacial score (nSPS) is 11.7. The van der Waals surface area contributed by atoms with E-state index in [2.05, 4.69) is 11.9 Å². The van der Waals surface area contributed by atoms with Crippen molar-refractivity contribution in [1.29, 1.82) is 0 Å². The van der Waals surface area contributed by atoms with E-state index in [1.807, 2.05) is 31.2 Å². The van der Waals surface area contributed by atoms with E-state index in [9.17, 15) is 9.59 Å². The third-order valence-electron chi connectivity index (χ3n) is 3.18. The fraction of sp³-hybridized carbons (Fsp3) is 0.375. The zero-order valence-corrected chi connectivity index (χ0v) is 11.8. The average molecular weight is 275 g/mol. The Labute approximate surface area is 119 Å². The molecule has 1 aromatic rings. The Bertz CT molecular complexity index is 482. The van der Waals surface area contributed by atoms with Gasteiger partial charge in [0.25, 0.3) is 0 Å². The average Bonchev–Trinajstić information content (AvgIpc) is 2.42. The van der Waals surface area contributed by atoms with E-state index in [4.69, 9.17) is 5.11 Å². The summed E-state index contributed by atoms with van der Waals surface area (Å²) in [6.07, 6.45) is 3.49. The standard InChI is InChI=1S/C16H21NO3/c1-3-4-9-14(16(19)20)17-15(18)11-10-13-8-6-5-7-12(13)2/h3,5-8,14H,1,4,9-11H2,2H3,(H,17,18)(H,19,20). The van der Waals surface area contributed by atoms with Gasteiger partial charge in [-0.2, -0.15) is 0 Å². The predicted molar refractivity (Wildman–Crippen MR) is 78.5 cm³/mol. The molecule has 1 unspecified atom stereocenters. The molecular formula is C16H21NO3. The van der Waals surface area contributed by atoms with Crippen LogP contribution in [0.1, 0.15) is 30.4 Å². The summed E-state index contributed by atoms with van der Waals surface area (Å²) in [5.74, 6) is -1.24. The lowest BCUT2D eigenvalue weighted by molar-refractivity contribution is -0.142. The lowest BCUT2D eigenvalue weighted by Crippen LogP contribution is -2.40. The number of aliphatic carboxylic acids is 1. The molecule has 0 aliphatic heterocycles. The lowest BCUT2D eigenvalue weighted by atomic mass is 10.0. The van der Waals surface area contributed by atoms with Crippen LogP contribution in [0.2, 0.25) is 0 Å². The van der Waals surface area contributed by atoms with E-state index >= 15 is 0 Å². The lowest BCUT2D eigenvalue weighted by Gasteiger charge is -2.13. The van der Waals surface area contributed by atoms with Gasteiger partial charge in [-0.15, -0.1) is 6.58 Å². The first-order valence-electron chi connectivity index (χ1n) is 6.72. The van der Waals surface area contributed by atoms with Crippen LogP contribution in [0.15, 0.2) is 36.9 Å². The van der Waals surface area contributed by atoms with E-state index < -0.39 is 12.0 Å². The van der Waals surface area contributed by atoms with Gasteiger partial charge in [0.2, 0.25) is 5.91 Å². The van der Waals surface area contributed by atoms with Crippen LogP contribution in [-0.4, -0.2) is 23.0 Å². The summed E-state index contributed by atoms with van der Waals surface area (Å²) in [7, 11) is 0. The van der Waals surface area contributed by atoms with Crippen LogP contribution in [0, 0.1) is 6.92 Å². The Morgan fingerprint density at radius 1 is 1.40 bits per heavy atom. The monoisotopic (exact) mass is 275 g/mol. The molecule has 2 N–H and O–H groups in total. The molecule has 1 atom stereocenters. The SMILES string of the molecule is C=CCCC(NC(=O)CCc1ccccc1C)C(=O)O. The summed E-state index contributed by atoms with van der Waals surface area (Å²) in [5, 5.41) is 11.6. The molecule has 0 spiro atoms. The van der Waals surface area contributed by atoms with Crippen LogP contribution in [0.5, 0.6) is 0 Å². The van der Waals surface area contributed by atoms with E-state index in [0.29, 0.717) is 25.7 Å². The third kappa shape index (κ3) is 5.26. The van der Waals surface area contributed by atoms with E-state index in [1.165, 1.54) is 0 Å². The smallest absolute Gasteiger partial charge is 0.326 e. The molecule has 4 heteroatoms. The van der Waals surface area contributed by atoms with Gasteiger partial charge in [-0.25, -0.2) is 4.79 Å². The molecule has 0 aliphatic rings. The maximum atomic E-state index is 11.8. The minimum Gasteiger partial charge on any atom is -0.480 e. The van der Waals surface area contributed by atoms with Crippen molar-refractivity contribution in [2.45, 2.75) is 38.6 Å². The molecule has 1 amide bonds. The Morgan fingerprint density at radius 3 is 2.70 bits per heavy atom. The molecule has 0 aliphatic carbocycles. The number of benzene rings is 1. The van der Waals surface area contributed by atoms with Crippen molar-refractivity contribution >= 4 is 11.9 Å². The summed E-state index contributed by atoms with van der Waals surface area (Å²) >= 11 is 0. The van der Waals surface area contributed by atoms with Gasteiger partial charge in [-0.05, 0) is 37.3 Å². The largest absolute Gasteiger partial charge is 0.480 e. The number of aryl methyl sites for hydroxylation is 2. The highest BCUT2D eigenvalue weighted by Gasteiger charge is 2.18. The number of carbonyl (C=O) groups is 2. The van der Waals surface area contributed by atoms with Gasteiger partial charge >= 0.3 is 5.97 Å². The molecular weight excluding hydrogens is 254 g/mol. The van der Waals surface area contributed by atoms with Gasteiger partial charge in [0.05, 0.1) is 0 Å². The maximum Gasteiger partial charge on any atom is 0.326 e. The topological polar surface area (TPSA) is 66.4 Å². The first-order chi connectivity index (χ1) is 9.54. The first kappa shape index (κ1) is 16.0. The number of carboxylic acids is 1. The predicted octanol–water partition coefficient (Wildman–Crippen LogP) is 2.46. The number of rotatable bonds is 8. The van der Waals surface area contributed by atoms with Crippen molar-refractivity contribution in [1.82, 2.24) is 5.32 Å². The molecule has 0 saturated heterocycles. The summed E-state index contributed by atoms with van der Waals surface area (Å²) in [4.78, 5) is 22.8. The molecule has 1 rings (SSSR count). The molecule has 0 fully saturated rings. The number of amides is 1. The van der Waals surface area contributed by atoms with Gasteiger partial charge in [-0.3, -0.25) is 4.79 Å². The van der Waals surface area contributed by atoms with Gasteiger partial charge in [0.15, 0.2) is 0 Å². The summed E-state index contributed by atoms with van der Waals surface area (Å²) in [5.41, 5.74) is 2.25. The fourth-order valence-corrected chi connectivity index (χ4v) is 1.95.